The van der Waals surface area contributed by atoms with Crippen LogP contribution >= 0.6 is 0 Å². The molecule has 0 spiro atoms. The normalized spacial score (nSPS) is 13.6. The molecule has 352 valence electrons. The minimum absolute atomic E-state index is 1.14. The summed E-state index contributed by atoms with van der Waals surface area (Å²) in [4.78, 5) is 4.79. The predicted molar refractivity (Wildman–Crippen MR) is 324 cm³/mol. The molecule has 0 fully saturated rings. The van der Waals surface area contributed by atoms with Crippen LogP contribution in [-0.4, -0.2) is 16.1 Å². The summed E-state index contributed by atoms with van der Waals surface area (Å²) >= 11 is 0. The molecule has 0 unspecified atom stereocenters. The largest absolute Gasteiger partial charge is 0.310 e. The summed E-state index contributed by atoms with van der Waals surface area (Å²) in [5, 5.41) is 14.2. The maximum atomic E-state index is 2.63. The Hall–Kier alpha value is -8.55. The van der Waals surface area contributed by atoms with Gasteiger partial charge in [-0.3, -0.25) is 0 Å². The van der Waals surface area contributed by atoms with Gasteiger partial charge in [-0.2, -0.15) is 0 Å². The number of para-hydroxylation sites is 4. The van der Waals surface area contributed by atoms with Crippen LogP contribution in [0, 0.1) is 0 Å². The highest BCUT2D eigenvalue weighted by molar-refractivity contribution is 7.13. The third-order valence-electron chi connectivity index (χ3n) is 16.4. The second kappa shape index (κ2) is 17.0. The molecule has 0 saturated carbocycles. The molecule has 2 aliphatic heterocycles. The van der Waals surface area contributed by atoms with Crippen LogP contribution in [0.25, 0.3) is 76.8 Å². The van der Waals surface area contributed by atoms with Crippen LogP contribution in [0.2, 0.25) is 26.2 Å². The van der Waals surface area contributed by atoms with E-state index in [0.717, 1.165) is 22.7 Å². The van der Waals surface area contributed by atoms with E-state index >= 15 is 0 Å². The van der Waals surface area contributed by atoms with Gasteiger partial charge in [-0.05, 0) is 147 Å². The number of hydrogen-bond acceptors (Lipinski definition) is 2. The van der Waals surface area contributed by atoms with E-state index in [9.17, 15) is 0 Å². The fraction of sp³-hybridized carbons (Fsp3) is 0.0571. The Morgan fingerprint density at radius 3 is 0.878 bits per heavy atom. The predicted octanol–water partition coefficient (Wildman–Crippen LogP) is 17.0. The Labute approximate surface area is 436 Å². The second-order valence-corrected chi connectivity index (χ2v) is 29.8. The van der Waals surface area contributed by atoms with Gasteiger partial charge in [-0.25, -0.2) is 0 Å². The third-order valence-corrected chi connectivity index (χ3v) is 23.6. The van der Waals surface area contributed by atoms with Crippen LogP contribution in [0.3, 0.4) is 0 Å². The quantitative estimate of drug-likeness (QED) is 0.140. The van der Waals surface area contributed by atoms with Gasteiger partial charge in [0.1, 0.15) is 16.1 Å². The minimum Gasteiger partial charge on any atom is -0.310 e. The second-order valence-electron chi connectivity index (χ2n) is 21.2. The van der Waals surface area contributed by atoms with E-state index < -0.39 is 16.1 Å². The first-order valence-electron chi connectivity index (χ1n) is 26.0. The molecule has 0 N–H and O–H groups in total. The molecule has 12 aromatic carbocycles. The summed E-state index contributed by atoms with van der Waals surface area (Å²) in [5.41, 5.74) is 17.8. The first kappa shape index (κ1) is 44.2. The summed E-state index contributed by atoms with van der Waals surface area (Å²) in [5.74, 6) is 0. The summed E-state index contributed by atoms with van der Waals surface area (Å²) in [7, 11) is -4.60. The van der Waals surface area contributed by atoms with E-state index in [1.54, 1.807) is 20.7 Å². The van der Waals surface area contributed by atoms with Crippen molar-refractivity contribution in [3.05, 3.63) is 255 Å². The van der Waals surface area contributed by atoms with Crippen molar-refractivity contribution in [1.29, 1.82) is 0 Å². The molecule has 0 atom stereocenters. The minimum atomic E-state index is -2.30. The highest BCUT2D eigenvalue weighted by atomic mass is 28.3. The SMILES string of the molecule is C[Si]1(C)c2cc(-c3ccc(N(c4ccccc4)c4ccccc4)c4ccccc34)ccc2-c2c1c1c(c3ccccc23)-c2ccc(-c3ccc(N(c4ccccc4)c4ccccc4)c4ccccc34)cc2[Si]1(C)C. The van der Waals surface area contributed by atoms with Crippen LogP contribution in [0.5, 0.6) is 0 Å². The first-order chi connectivity index (χ1) is 36.3. The number of fused-ring (bicyclic) bond motifs is 12. The summed E-state index contributed by atoms with van der Waals surface area (Å²) in [6.45, 7) is 10.5. The van der Waals surface area contributed by atoms with Crippen LogP contribution < -0.4 is 30.5 Å². The standard InChI is InChI=1S/C70H54N2Si2/c1-73(2)65-45-47(53-41-43-63(57-33-19-17-31-55(53)57)71(49-23-9-5-10-24-49)50-25-11-6-12-26-50)37-39-61(65)67-59-35-21-22-36-60(59)68-62-40-38-48(46-66(62)74(3,4)70(68)69(67)73)54-42-44-64(58-34-20-18-32-56(54)58)72(51-27-13-7-14-28-51)52-29-15-8-16-30-52/h5-46H,1-4H3. The van der Waals surface area contributed by atoms with Gasteiger partial charge in [0.2, 0.25) is 0 Å². The fourth-order valence-electron chi connectivity index (χ4n) is 13.0. The van der Waals surface area contributed by atoms with E-state index in [4.69, 9.17) is 0 Å². The van der Waals surface area contributed by atoms with Gasteiger partial charge in [0.25, 0.3) is 0 Å². The highest BCUT2D eigenvalue weighted by Crippen LogP contribution is 2.47. The van der Waals surface area contributed by atoms with E-state index in [2.05, 4.69) is 291 Å². The van der Waals surface area contributed by atoms with Crippen LogP contribution in [0.15, 0.2) is 255 Å². The smallest absolute Gasteiger partial charge is 0.113 e. The number of hydrogen-bond donors (Lipinski definition) is 0. The number of benzene rings is 12. The summed E-state index contributed by atoms with van der Waals surface area (Å²) in [6.07, 6.45) is 0. The third kappa shape index (κ3) is 6.68. The maximum absolute atomic E-state index is 2.63. The zero-order valence-electron chi connectivity index (χ0n) is 42.1. The molecule has 2 heterocycles. The lowest BCUT2D eigenvalue weighted by Crippen LogP contribution is -2.63. The van der Waals surface area contributed by atoms with Crippen molar-refractivity contribution in [2.24, 2.45) is 0 Å². The van der Waals surface area contributed by atoms with Gasteiger partial charge in [0, 0.05) is 33.5 Å². The topological polar surface area (TPSA) is 6.48 Å². The van der Waals surface area contributed by atoms with Crippen molar-refractivity contribution < 1.29 is 0 Å². The van der Waals surface area contributed by atoms with Crippen molar-refractivity contribution in [3.8, 4) is 44.5 Å². The van der Waals surface area contributed by atoms with Crippen LogP contribution in [0.1, 0.15) is 0 Å². The fourth-order valence-corrected chi connectivity index (χ4v) is 21.5. The summed E-state index contributed by atoms with van der Waals surface area (Å²) < 4.78 is 0. The molecule has 2 nitrogen and oxygen atoms in total. The molecule has 14 rings (SSSR count). The van der Waals surface area contributed by atoms with E-state index in [1.807, 2.05) is 0 Å². The lowest BCUT2D eigenvalue weighted by molar-refractivity contribution is 1.30. The lowest BCUT2D eigenvalue weighted by Gasteiger charge is -2.29. The monoisotopic (exact) mass is 978 g/mol. The Balaban J connectivity index is 0.896. The average molecular weight is 979 g/mol. The molecule has 0 saturated heterocycles. The van der Waals surface area contributed by atoms with Gasteiger partial charge < -0.3 is 9.80 Å². The maximum Gasteiger partial charge on any atom is 0.113 e. The molecule has 2 aliphatic rings. The lowest BCUT2D eigenvalue weighted by atomic mass is 9.90. The molecule has 0 aliphatic carbocycles. The van der Waals surface area contributed by atoms with Gasteiger partial charge in [0.05, 0.1) is 11.4 Å². The molecule has 74 heavy (non-hydrogen) atoms. The molecular weight excluding hydrogens is 925 g/mol. The zero-order chi connectivity index (χ0) is 49.7. The Bertz CT molecular complexity index is 3840. The Morgan fingerprint density at radius 2 is 0.541 bits per heavy atom. The van der Waals surface area contributed by atoms with Crippen LogP contribution in [-0.2, 0) is 0 Å². The summed E-state index contributed by atoms with van der Waals surface area (Å²) in [6, 6.07) is 94.7. The van der Waals surface area contributed by atoms with Gasteiger partial charge in [-0.1, -0.05) is 220 Å². The molecule has 4 heteroatoms. The van der Waals surface area contributed by atoms with Gasteiger partial charge in [-0.15, -0.1) is 0 Å². The number of anilines is 6. The molecule has 12 aromatic rings. The van der Waals surface area contributed by atoms with E-state index in [-0.39, 0.29) is 0 Å². The average Bonchev–Trinajstić information content (AvgIpc) is 3.91. The van der Waals surface area contributed by atoms with Gasteiger partial charge >= 0.3 is 0 Å². The molecule has 0 amide bonds. The van der Waals surface area contributed by atoms with Crippen molar-refractivity contribution in [2.45, 2.75) is 26.2 Å². The Morgan fingerprint density at radius 1 is 0.257 bits per heavy atom. The van der Waals surface area contributed by atoms with E-state index in [0.29, 0.717) is 0 Å². The highest BCUT2D eigenvalue weighted by Gasteiger charge is 2.49. The van der Waals surface area contributed by atoms with Gasteiger partial charge in [0.15, 0.2) is 0 Å². The molecule has 0 aromatic heterocycles. The molecule has 0 bridgehead atoms. The molecule has 0 radical (unpaired) electrons. The number of nitrogens with zero attached hydrogens (tertiary/aromatic N) is 2. The molecular formula is C70H54N2Si2. The van der Waals surface area contributed by atoms with E-state index in [1.165, 1.54) is 88.2 Å². The van der Waals surface area contributed by atoms with Crippen molar-refractivity contribution in [2.75, 3.05) is 9.80 Å². The Kier molecular flexibility index (Phi) is 10.2. The van der Waals surface area contributed by atoms with Crippen molar-refractivity contribution in [1.82, 2.24) is 0 Å². The zero-order valence-corrected chi connectivity index (χ0v) is 44.1. The van der Waals surface area contributed by atoms with Crippen molar-refractivity contribution >= 4 is 103 Å². The van der Waals surface area contributed by atoms with Crippen molar-refractivity contribution in [3.63, 3.8) is 0 Å². The first-order valence-corrected chi connectivity index (χ1v) is 32.0. The number of rotatable bonds is 8. The van der Waals surface area contributed by atoms with Crippen LogP contribution in [0.4, 0.5) is 34.1 Å².